The number of hydrogen-bond acceptors (Lipinski definition) is 3. The number of rotatable bonds is 2. The molecule has 1 N–H and O–H groups in total. The van der Waals surface area contributed by atoms with Gasteiger partial charge in [-0.05, 0) is 31.0 Å². The third-order valence-electron chi connectivity index (χ3n) is 3.46. The Bertz CT molecular complexity index is 663. The van der Waals surface area contributed by atoms with E-state index in [0.29, 0.717) is 16.1 Å². The van der Waals surface area contributed by atoms with Crippen molar-refractivity contribution in [2.45, 2.75) is 25.2 Å². The number of aryl methyl sites for hydroxylation is 1. The van der Waals surface area contributed by atoms with Crippen LogP contribution < -0.4 is 5.32 Å². The van der Waals surface area contributed by atoms with Crippen molar-refractivity contribution in [3.8, 4) is 0 Å². The molecule has 0 unspecified atom stereocenters. The van der Waals surface area contributed by atoms with Gasteiger partial charge in [-0.15, -0.1) is 0 Å². The Morgan fingerprint density at radius 3 is 2.57 bits per heavy atom. The van der Waals surface area contributed by atoms with E-state index in [-0.39, 0.29) is 41.9 Å². The van der Waals surface area contributed by atoms with Crippen molar-refractivity contribution in [2.75, 3.05) is 19.6 Å². The lowest BCUT2D eigenvalue weighted by Crippen LogP contribution is -2.35. The molecule has 0 bridgehead atoms. The van der Waals surface area contributed by atoms with Crippen LogP contribution in [-0.2, 0) is 14.8 Å². The number of hydrogen-bond donors (Lipinski definition) is 1. The third-order valence-corrected chi connectivity index (χ3v) is 6.52. The van der Waals surface area contributed by atoms with Crippen LogP contribution in [0.3, 0.4) is 0 Å². The number of amides is 1. The van der Waals surface area contributed by atoms with Crippen molar-refractivity contribution in [1.82, 2.24) is 9.62 Å². The minimum Gasteiger partial charge on any atom is -0.355 e. The van der Waals surface area contributed by atoms with Crippen molar-refractivity contribution >= 4 is 39.1 Å². The van der Waals surface area contributed by atoms with Gasteiger partial charge in [0.2, 0.25) is 15.9 Å². The number of carbonyl (C=O) groups is 1. The Morgan fingerprint density at radius 1 is 1.24 bits per heavy atom. The van der Waals surface area contributed by atoms with Gasteiger partial charge in [0, 0.05) is 31.1 Å². The maximum absolute atomic E-state index is 12.8. The Hall–Kier alpha value is -0.820. The van der Waals surface area contributed by atoms with Crippen molar-refractivity contribution in [3.05, 3.63) is 27.2 Å². The van der Waals surface area contributed by atoms with Crippen LogP contribution in [0, 0.1) is 13.8 Å². The average Bonchev–Trinajstić information content (AvgIpc) is 2.62. The largest absolute Gasteiger partial charge is 0.355 e. The zero-order valence-corrected chi connectivity index (χ0v) is 14.1. The van der Waals surface area contributed by atoms with Crippen molar-refractivity contribution < 1.29 is 13.2 Å². The normalized spacial score (nSPS) is 17.4. The van der Waals surface area contributed by atoms with E-state index in [4.69, 9.17) is 23.2 Å². The van der Waals surface area contributed by atoms with E-state index in [9.17, 15) is 13.2 Å². The smallest absolute Gasteiger partial charge is 0.244 e. The van der Waals surface area contributed by atoms with E-state index < -0.39 is 10.0 Å². The van der Waals surface area contributed by atoms with Crippen LogP contribution in [-0.4, -0.2) is 38.3 Å². The molecular formula is C13H16Cl2N2O3S. The Balaban J connectivity index is 2.52. The summed E-state index contributed by atoms with van der Waals surface area (Å²) in [5.41, 5.74) is 1.03. The summed E-state index contributed by atoms with van der Waals surface area (Å²) in [6.07, 6.45) is 0.134. The molecule has 2 rings (SSSR count). The Kier molecular flexibility index (Phi) is 4.82. The van der Waals surface area contributed by atoms with Gasteiger partial charge in [0.25, 0.3) is 0 Å². The first-order valence-electron chi connectivity index (χ1n) is 6.47. The standard InChI is InChI=1S/C13H16Cl2N2O3S/c1-8-7-10(14)9(2)13(12(8)15)21(19,20)17-5-3-11(18)16-4-6-17/h7H,3-6H2,1-2H3,(H,16,18). The molecule has 0 aromatic heterocycles. The molecule has 0 atom stereocenters. The molecule has 1 aromatic rings. The van der Waals surface area contributed by atoms with Crippen LogP contribution >= 0.6 is 23.2 Å². The summed E-state index contributed by atoms with van der Waals surface area (Å²) >= 11 is 12.3. The highest BCUT2D eigenvalue weighted by atomic mass is 35.5. The molecule has 1 aliphatic rings. The van der Waals surface area contributed by atoms with Crippen molar-refractivity contribution in [2.24, 2.45) is 0 Å². The zero-order chi connectivity index (χ0) is 15.8. The molecule has 0 radical (unpaired) electrons. The van der Waals surface area contributed by atoms with Crippen LogP contribution in [0.15, 0.2) is 11.0 Å². The van der Waals surface area contributed by atoms with Gasteiger partial charge in [0.15, 0.2) is 0 Å². The monoisotopic (exact) mass is 350 g/mol. The van der Waals surface area contributed by atoms with Crippen LogP contribution in [0.1, 0.15) is 17.5 Å². The average molecular weight is 351 g/mol. The second kappa shape index (κ2) is 6.12. The first-order chi connectivity index (χ1) is 9.75. The first kappa shape index (κ1) is 16.5. The van der Waals surface area contributed by atoms with Crippen LogP contribution in [0.25, 0.3) is 0 Å². The summed E-state index contributed by atoms with van der Waals surface area (Å²) in [6, 6.07) is 1.64. The first-order valence-corrected chi connectivity index (χ1v) is 8.67. The lowest BCUT2D eigenvalue weighted by Gasteiger charge is -2.22. The molecule has 1 heterocycles. The lowest BCUT2D eigenvalue weighted by molar-refractivity contribution is -0.120. The lowest BCUT2D eigenvalue weighted by atomic mass is 10.2. The molecule has 1 fully saturated rings. The molecule has 1 aromatic carbocycles. The van der Waals surface area contributed by atoms with Crippen LogP contribution in [0.2, 0.25) is 10.0 Å². The number of carbonyl (C=O) groups excluding carboxylic acids is 1. The molecule has 1 aliphatic heterocycles. The molecule has 1 amide bonds. The highest BCUT2D eigenvalue weighted by Crippen LogP contribution is 2.35. The van der Waals surface area contributed by atoms with Gasteiger partial charge in [-0.3, -0.25) is 4.79 Å². The second-order valence-corrected chi connectivity index (χ2v) is 7.61. The molecule has 0 aliphatic carbocycles. The maximum atomic E-state index is 12.8. The summed E-state index contributed by atoms with van der Waals surface area (Å²) in [6.45, 7) is 3.97. The minimum atomic E-state index is -3.79. The predicted molar refractivity (Wildman–Crippen MR) is 82.3 cm³/mol. The highest BCUT2D eigenvalue weighted by molar-refractivity contribution is 7.89. The topological polar surface area (TPSA) is 66.5 Å². The van der Waals surface area contributed by atoms with Gasteiger partial charge in [-0.2, -0.15) is 4.31 Å². The summed E-state index contributed by atoms with van der Waals surface area (Å²) in [7, 11) is -3.79. The summed E-state index contributed by atoms with van der Waals surface area (Å²) in [5, 5.41) is 3.19. The van der Waals surface area contributed by atoms with Crippen LogP contribution in [0.5, 0.6) is 0 Å². The van der Waals surface area contributed by atoms with Crippen molar-refractivity contribution in [1.29, 1.82) is 0 Å². The van der Waals surface area contributed by atoms with E-state index in [1.165, 1.54) is 4.31 Å². The maximum Gasteiger partial charge on any atom is 0.244 e. The molecule has 8 heteroatoms. The minimum absolute atomic E-state index is 0.0310. The number of nitrogens with one attached hydrogen (secondary N) is 1. The molecule has 1 saturated heterocycles. The summed E-state index contributed by atoms with van der Waals surface area (Å²) < 4.78 is 26.9. The van der Waals surface area contributed by atoms with E-state index in [1.54, 1.807) is 19.9 Å². The number of halogens is 2. The molecule has 5 nitrogen and oxygen atoms in total. The number of benzene rings is 1. The van der Waals surface area contributed by atoms with E-state index >= 15 is 0 Å². The zero-order valence-electron chi connectivity index (χ0n) is 11.7. The fraction of sp³-hybridized carbons (Fsp3) is 0.462. The van der Waals surface area contributed by atoms with Crippen molar-refractivity contribution in [3.63, 3.8) is 0 Å². The van der Waals surface area contributed by atoms with Crippen LogP contribution in [0.4, 0.5) is 0 Å². The quantitative estimate of drug-likeness (QED) is 0.888. The fourth-order valence-electron chi connectivity index (χ4n) is 2.24. The molecular weight excluding hydrogens is 335 g/mol. The number of nitrogens with zero attached hydrogens (tertiary/aromatic N) is 1. The van der Waals surface area contributed by atoms with Gasteiger partial charge in [0.05, 0.1) is 5.02 Å². The van der Waals surface area contributed by atoms with Gasteiger partial charge in [-0.1, -0.05) is 23.2 Å². The Morgan fingerprint density at radius 2 is 1.90 bits per heavy atom. The highest BCUT2D eigenvalue weighted by Gasteiger charge is 2.31. The summed E-state index contributed by atoms with van der Waals surface area (Å²) in [4.78, 5) is 11.4. The van der Waals surface area contributed by atoms with E-state index in [1.807, 2.05) is 0 Å². The van der Waals surface area contributed by atoms with Gasteiger partial charge >= 0.3 is 0 Å². The second-order valence-electron chi connectivity index (χ2n) is 4.95. The molecule has 0 spiro atoms. The predicted octanol–water partition coefficient (Wildman–Crippen LogP) is 2.12. The number of sulfonamides is 1. The van der Waals surface area contributed by atoms with E-state index in [2.05, 4.69) is 5.32 Å². The Labute approximate surface area is 134 Å². The molecule has 0 saturated carbocycles. The summed E-state index contributed by atoms with van der Waals surface area (Å²) in [5.74, 6) is -0.155. The molecule has 21 heavy (non-hydrogen) atoms. The molecule has 116 valence electrons. The van der Waals surface area contributed by atoms with Gasteiger partial charge in [-0.25, -0.2) is 8.42 Å². The SMILES string of the molecule is Cc1cc(Cl)c(C)c(S(=O)(=O)N2CCNC(=O)CC2)c1Cl. The fourth-order valence-corrected chi connectivity index (χ4v) is 4.85. The van der Waals surface area contributed by atoms with Gasteiger partial charge in [0.1, 0.15) is 4.90 Å². The van der Waals surface area contributed by atoms with E-state index in [0.717, 1.165) is 0 Å². The third kappa shape index (κ3) is 3.18. The van der Waals surface area contributed by atoms with Gasteiger partial charge < -0.3 is 5.32 Å².